The fourth-order valence-corrected chi connectivity index (χ4v) is 3.56. The average Bonchev–Trinajstić information content (AvgIpc) is 2.65. The third kappa shape index (κ3) is 3.69. The number of fused-ring (bicyclic) bond motifs is 1. The molecule has 0 atom stereocenters. The van der Waals surface area contributed by atoms with Crippen LogP contribution in [0.5, 0.6) is 0 Å². The first-order chi connectivity index (χ1) is 12.7. The van der Waals surface area contributed by atoms with E-state index in [1.165, 1.54) is 11.1 Å². The minimum absolute atomic E-state index is 0.573. The van der Waals surface area contributed by atoms with E-state index in [0.717, 1.165) is 56.0 Å². The summed E-state index contributed by atoms with van der Waals surface area (Å²) in [4.78, 5) is 14.1. The zero-order valence-electron chi connectivity index (χ0n) is 15.2. The van der Waals surface area contributed by atoms with E-state index in [9.17, 15) is 0 Å². The number of nitrogen functional groups attached to an aromatic ring is 1. The number of hydrogen-bond donors (Lipinski definition) is 1. The average molecular weight is 347 g/mol. The fraction of sp³-hybridized carbons (Fsp3) is 0.333. The molecule has 0 spiro atoms. The minimum Gasteiger partial charge on any atom is -0.383 e. The lowest BCUT2D eigenvalue weighted by Gasteiger charge is -2.34. The topological polar surface area (TPSA) is 58.3 Å². The van der Waals surface area contributed by atoms with Crippen molar-refractivity contribution in [1.29, 1.82) is 0 Å². The maximum atomic E-state index is 6.11. The van der Waals surface area contributed by atoms with E-state index in [2.05, 4.69) is 51.0 Å². The minimum atomic E-state index is 0.573. The molecule has 1 aromatic heterocycles. The van der Waals surface area contributed by atoms with Crippen molar-refractivity contribution < 1.29 is 0 Å². The lowest BCUT2D eigenvalue weighted by atomic mass is 10.1. The van der Waals surface area contributed by atoms with Crippen LogP contribution < -0.4 is 5.73 Å². The maximum absolute atomic E-state index is 6.11. The van der Waals surface area contributed by atoms with Gasteiger partial charge in [-0.1, -0.05) is 36.4 Å². The third-order valence-electron chi connectivity index (χ3n) is 5.16. The SMILES string of the molecule is Cc1ccccc1CN1CCN(Cc2nc(N)c3ccccc3n2)CC1. The normalized spacial score (nSPS) is 16.2. The van der Waals surface area contributed by atoms with Crippen LogP contribution in [0.2, 0.25) is 0 Å². The van der Waals surface area contributed by atoms with Crippen molar-refractivity contribution in [2.24, 2.45) is 0 Å². The molecule has 0 bridgehead atoms. The van der Waals surface area contributed by atoms with E-state index < -0.39 is 0 Å². The zero-order chi connectivity index (χ0) is 17.9. The van der Waals surface area contributed by atoms with Gasteiger partial charge in [0.05, 0.1) is 12.1 Å². The standard InChI is InChI=1S/C21H25N5/c1-16-6-2-3-7-17(16)14-25-10-12-26(13-11-25)15-20-23-19-9-5-4-8-18(19)21(22)24-20/h2-9H,10-15H2,1H3,(H2,22,23,24). The van der Waals surface area contributed by atoms with Crippen molar-refractivity contribution >= 4 is 16.7 Å². The molecule has 0 saturated carbocycles. The Labute approximate surface area is 154 Å². The Bertz CT molecular complexity index is 900. The quantitative estimate of drug-likeness (QED) is 0.786. The van der Waals surface area contributed by atoms with Crippen LogP contribution >= 0.6 is 0 Å². The van der Waals surface area contributed by atoms with Crippen LogP contribution in [0.25, 0.3) is 10.9 Å². The van der Waals surface area contributed by atoms with Crippen LogP contribution in [-0.2, 0) is 13.1 Å². The maximum Gasteiger partial charge on any atom is 0.145 e. The van der Waals surface area contributed by atoms with Crippen LogP contribution in [0.15, 0.2) is 48.5 Å². The first-order valence-corrected chi connectivity index (χ1v) is 9.19. The molecule has 2 aromatic carbocycles. The van der Waals surface area contributed by atoms with E-state index in [0.29, 0.717) is 5.82 Å². The van der Waals surface area contributed by atoms with Crippen molar-refractivity contribution in [3.63, 3.8) is 0 Å². The third-order valence-corrected chi connectivity index (χ3v) is 5.16. The molecule has 3 aromatic rings. The molecular formula is C21H25N5. The van der Waals surface area contributed by atoms with Gasteiger partial charge in [-0.15, -0.1) is 0 Å². The van der Waals surface area contributed by atoms with Crippen molar-refractivity contribution in [2.75, 3.05) is 31.9 Å². The number of anilines is 1. The van der Waals surface area contributed by atoms with Crippen molar-refractivity contribution in [1.82, 2.24) is 19.8 Å². The zero-order valence-corrected chi connectivity index (χ0v) is 15.2. The number of aryl methyl sites for hydroxylation is 1. The molecule has 5 nitrogen and oxygen atoms in total. The predicted molar refractivity (Wildman–Crippen MR) is 106 cm³/mol. The molecule has 2 N–H and O–H groups in total. The second-order valence-corrected chi connectivity index (χ2v) is 7.02. The Balaban J connectivity index is 1.37. The van der Waals surface area contributed by atoms with Gasteiger partial charge in [0, 0.05) is 38.1 Å². The summed E-state index contributed by atoms with van der Waals surface area (Å²) in [7, 11) is 0. The van der Waals surface area contributed by atoms with Gasteiger partial charge in [0.25, 0.3) is 0 Å². The second kappa shape index (κ2) is 7.40. The van der Waals surface area contributed by atoms with Crippen LogP contribution in [0.4, 0.5) is 5.82 Å². The Morgan fingerprint density at radius 3 is 2.27 bits per heavy atom. The highest BCUT2D eigenvalue weighted by Gasteiger charge is 2.19. The molecule has 1 aliphatic heterocycles. The van der Waals surface area contributed by atoms with E-state index in [4.69, 9.17) is 5.73 Å². The predicted octanol–water partition coefficient (Wildman–Crippen LogP) is 2.84. The van der Waals surface area contributed by atoms with Gasteiger partial charge in [-0.3, -0.25) is 9.80 Å². The first kappa shape index (κ1) is 16.9. The molecule has 4 rings (SSSR count). The summed E-state index contributed by atoms with van der Waals surface area (Å²) in [6, 6.07) is 16.6. The molecule has 0 radical (unpaired) electrons. The fourth-order valence-electron chi connectivity index (χ4n) is 3.56. The number of nitrogens with zero attached hydrogens (tertiary/aromatic N) is 4. The van der Waals surface area contributed by atoms with Crippen molar-refractivity contribution in [3.8, 4) is 0 Å². The Kier molecular flexibility index (Phi) is 4.82. The van der Waals surface area contributed by atoms with Crippen molar-refractivity contribution in [2.45, 2.75) is 20.0 Å². The highest BCUT2D eigenvalue weighted by molar-refractivity contribution is 5.87. The highest BCUT2D eigenvalue weighted by atomic mass is 15.3. The molecule has 2 heterocycles. The molecule has 0 aliphatic carbocycles. The molecule has 5 heteroatoms. The number of nitrogens with two attached hydrogens (primary N) is 1. The first-order valence-electron chi connectivity index (χ1n) is 9.19. The van der Waals surface area contributed by atoms with E-state index in [-0.39, 0.29) is 0 Å². The summed E-state index contributed by atoms with van der Waals surface area (Å²) in [6.45, 7) is 8.17. The highest BCUT2D eigenvalue weighted by Crippen LogP contribution is 2.18. The number of piperazine rings is 1. The second-order valence-electron chi connectivity index (χ2n) is 7.02. The summed E-state index contributed by atoms with van der Waals surface area (Å²) >= 11 is 0. The lowest BCUT2D eigenvalue weighted by molar-refractivity contribution is 0.120. The van der Waals surface area contributed by atoms with Gasteiger partial charge in [-0.05, 0) is 30.2 Å². The van der Waals surface area contributed by atoms with E-state index >= 15 is 0 Å². The Hall–Kier alpha value is -2.50. The summed E-state index contributed by atoms with van der Waals surface area (Å²) in [5.74, 6) is 1.39. The van der Waals surface area contributed by atoms with Crippen LogP contribution in [0.3, 0.4) is 0 Å². The molecule has 1 aliphatic rings. The van der Waals surface area contributed by atoms with Gasteiger partial charge < -0.3 is 5.73 Å². The number of hydrogen-bond acceptors (Lipinski definition) is 5. The van der Waals surface area contributed by atoms with Gasteiger partial charge in [-0.25, -0.2) is 9.97 Å². The molecular weight excluding hydrogens is 322 g/mol. The molecule has 0 unspecified atom stereocenters. The number of para-hydroxylation sites is 1. The molecule has 134 valence electrons. The number of benzene rings is 2. The van der Waals surface area contributed by atoms with Gasteiger partial charge >= 0.3 is 0 Å². The van der Waals surface area contributed by atoms with E-state index in [1.54, 1.807) is 0 Å². The lowest BCUT2D eigenvalue weighted by Crippen LogP contribution is -2.45. The Morgan fingerprint density at radius 1 is 0.846 bits per heavy atom. The molecule has 1 fully saturated rings. The van der Waals surface area contributed by atoms with Gasteiger partial charge in [0.15, 0.2) is 0 Å². The van der Waals surface area contributed by atoms with Crippen LogP contribution in [-0.4, -0.2) is 45.9 Å². The van der Waals surface area contributed by atoms with Crippen LogP contribution in [0, 0.1) is 6.92 Å². The summed E-state index contributed by atoms with van der Waals surface area (Å²) < 4.78 is 0. The Morgan fingerprint density at radius 2 is 1.50 bits per heavy atom. The number of aromatic nitrogens is 2. The molecule has 0 amide bonds. The van der Waals surface area contributed by atoms with Gasteiger partial charge in [0.1, 0.15) is 11.6 Å². The van der Waals surface area contributed by atoms with E-state index in [1.807, 2.05) is 24.3 Å². The smallest absolute Gasteiger partial charge is 0.145 e. The monoisotopic (exact) mass is 347 g/mol. The largest absolute Gasteiger partial charge is 0.383 e. The van der Waals surface area contributed by atoms with Gasteiger partial charge in [-0.2, -0.15) is 0 Å². The summed E-state index contributed by atoms with van der Waals surface area (Å²) in [5.41, 5.74) is 9.82. The van der Waals surface area contributed by atoms with Crippen molar-refractivity contribution in [3.05, 3.63) is 65.5 Å². The number of rotatable bonds is 4. The van der Waals surface area contributed by atoms with Crippen LogP contribution in [0.1, 0.15) is 17.0 Å². The molecule has 1 saturated heterocycles. The van der Waals surface area contributed by atoms with Gasteiger partial charge in [0.2, 0.25) is 0 Å². The summed E-state index contributed by atoms with van der Waals surface area (Å²) in [5, 5.41) is 0.930. The molecule has 26 heavy (non-hydrogen) atoms. The summed E-state index contributed by atoms with van der Waals surface area (Å²) in [6.07, 6.45) is 0.